The second-order valence-corrected chi connectivity index (χ2v) is 9.41. The van der Waals surface area contributed by atoms with Gasteiger partial charge in [-0.1, -0.05) is 29.8 Å². The summed E-state index contributed by atoms with van der Waals surface area (Å²) in [5.41, 5.74) is -0.297. The van der Waals surface area contributed by atoms with Crippen LogP contribution < -0.4 is 4.72 Å². The van der Waals surface area contributed by atoms with E-state index in [-0.39, 0.29) is 28.4 Å². The fourth-order valence-corrected chi connectivity index (χ4v) is 4.82. The summed E-state index contributed by atoms with van der Waals surface area (Å²) in [6, 6.07) is 3.31. The average Bonchev–Trinajstić information content (AvgIpc) is 2.53. The maximum Gasteiger partial charge on any atom is 0.271 e. The number of rotatable bonds is 6. The van der Waals surface area contributed by atoms with Crippen molar-refractivity contribution in [2.75, 3.05) is 13.1 Å². The number of hydrogen-bond acceptors (Lipinski definition) is 5. The molecule has 2 rings (SSSR count). The number of sulfonamides is 1. The van der Waals surface area contributed by atoms with Crippen molar-refractivity contribution in [1.29, 1.82) is 0 Å². The van der Waals surface area contributed by atoms with E-state index in [2.05, 4.69) is 20.7 Å². The lowest BCUT2D eigenvalue weighted by molar-refractivity contribution is -0.385. The first-order valence-corrected chi connectivity index (χ1v) is 10.6. The van der Waals surface area contributed by atoms with Crippen LogP contribution in [0.15, 0.2) is 27.6 Å². The zero-order valence-electron chi connectivity index (χ0n) is 14.6. The molecule has 1 amide bonds. The molecule has 1 aromatic carbocycles. The van der Waals surface area contributed by atoms with E-state index in [1.807, 2.05) is 13.8 Å². The highest BCUT2D eigenvalue weighted by atomic mass is 79.9. The van der Waals surface area contributed by atoms with Crippen LogP contribution in [-0.4, -0.2) is 43.3 Å². The first-order chi connectivity index (χ1) is 12.1. The summed E-state index contributed by atoms with van der Waals surface area (Å²) in [4.78, 5) is 24.0. The highest BCUT2D eigenvalue weighted by Crippen LogP contribution is 2.25. The van der Waals surface area contributed by atoms with Crippen molar-refractivity contribution in [3.8, 4) is 0 Å². The zero-order chi connectivity index (χ0) is 19.5. The summed E-state index contributed by atoms with van der Waals surface area (Å²) < 4.78 is 28.0. The number of halogens is 1. The number of nitro groups is 1. The molecule has 0 spiro atoms. The van der Waals surface area contributed by atoms with E-state index in [0.29, 0.717) is 36.8 Å². The largest absolute Gasteiger partial charge is 0.343 e. The van der Waals surface area contributed by atoms with Crippen LogP contribution in [0.4, 0.5) is 5.69 Å². The summed E-state index contributed by atoms with van der Waals surface area (Å²) >= 11 is 3.10. The minimum Gasteiger partial charge on any atom is -0.343 e. The number of benzene rings is 1. The molecule has 1 heterocycles. The van der Waals surface area contributed by atoms with E-state index in [1.54, 1.807) is 4.90 Å². The number of nitrogens with one attached hydrogen (secondary N) is 1. The Labute approximate surface area is 161 Å². The first kappa shape index (κ1) is 20.8. The number of nitrogens with zero attached hydrogens (tertiary/aromatic N) is 2. The fourth-order valence-electron chi connectivity index (χ4n) is 2.82. The Kier molecular flexibility index (Phi) is 6.75. The summed E-state index contributed by atoms with van der Waals surface area (Å²) in [5.74, 6) is 0.370. The van der Waals surface area contributed by atoms with E-state index in [0.717, 1.165) is 6.07 Å². The van der Waals surface area contributed by atoms with Gasteiger partial charge in [-0.15, -0.1) is 0 Å². The van der Waals surface area contributed by atoms with Gasteiger partial charge in [0.2, 0.25) is 15.9 Å². The third-order valence-electron chi connectivity index (χ3n) is 4.13. The van der Waals surface area contributed by atoms with Gasteiger partial charge in [0.25, 0.3) is 5.69 Å². The highest BCUT2D eigenvalue weighted by molar-refractivity contribution is 9.10. The van der Waals surface area contributed by atoms with Crippen molar-refractivity contribution in [3.63, 3.8) is 0 Å². The van der Waals surface area contributed by atoms with Crippen LogP contribution in [0.1, 0.15) is 33.1 Å². The summed E-state index contributed by atoms with van der Waals surface area (Å²) in [6.07, 6.45) is 1.51. The topological polar surface area (TPSA) is 110 Å². The van der Waals surface area contributed by atoms with Crippen molar-refractivity contribution < 1.29 is 18.1 Å². The Morgan fingerprint density at radius 1 is 1.35 bits per heavy atom. The predicted molar refractivity (Wildman–Crippen MR) is 100 cm³/mol. The molecule has 1 fully saturated rings. The fraction of sp³-hybridized carbons (Fsp3) is 0.562. The number of nitro benzene ring substituents is 1. The number of piperidine rings is 1. The lowest BCUT2D eigenvalue weighted by Crippen LogP contribution is -2.46. The van der Waals surface area contributed by atoms with Gasteiger partial charge in [0.15, 0.2) is 0 Å². The molecule has 0 aromatic heterocycles. The van der Waals surface area contributed by atoms with Crippen LogP contribution in [0.2, 0.25) is 0 Å². The number of hydrogen-bond donors (Lipinski definition) is 1. The molecule has 1 aliphatic rings. The Morgan fingerprint density at radius 2 is 1.96 bits per heavy atom. The second kappa shape index (κ2) is 8.45. The number of non-ortho nitro benzene ring substituents is 1. The standard InChI is InChI=1S/C16H22BrN3O5S/c1-11(2)7-16(21)19-5-3-13(4-6-19)18-26(24,25)15-9-12(17)8-14(10-15)20(22)23/h8-11,13,18H,3-7H2,1-2H3. The van der Waals surface area contributed by atoms with Gasteiger partial charge in [0.05, 0.1) is 9.82 Å². The summed E-state index contributed by atoms with van der Waals surface area (Å²) in [7, 11) is -3.88. The van der Waals surface area contributed by atoms with Crippen molar-refractivity contribution in [2.45, 2.75) is 44.0 Å². The zero-order valence-corrected chi connectivity index (χ0v) is 17.0. The second-order valence-electron chi connectivity index (χ2n) is 6.78. The molecular formula is C16H22BrN3O5S. The van der Waals surface area contributed by atoms with Crippen LogP contribution in [0.25, 0.3) is 0 Å². The Balaban J connectivity index is 2.03. The molecule has 26 heavy (non-hydrogen) atoms. The predicted octanol–water partition coefficient (Wildman–Crippen LogP) is 2.67. The van der Waals surface area contributed by atoms with Crippen molar-refractivity contribution in [3.05, 3.63) is 32.8 Å². The van der Waals surface area contributed by atoms with Crippen molar-refractivity contribution in [2.24, 2.45) is 5.92 Å². The molecular weight excluding hydrogens is 426 g/mol. The molecule has 0 atom stereocenters. The molecule has 0 radical (unpaired) electrons. The quantitative estimate of drug-likeness (QED) is 0.532. The van der Waals surface area contributed by atoms with Crippen molar-refractivity contribution in [1.82, 2.24) is 9.62 Å². The van der Waals surface area contributed by atoms with E-state index < -0.39 is 14.9 Å². The molecule has 144 valence electrons. The summed E-state index contributed by atoms with van der Waals surface area (Å²) in [6.45, 7) is 4.96. The van der Waals surface area contributed by atoms with Gasteiger partial charge in [-0.05, 0) is 24.8 Å². The van der Waals surface area contributed by atoms with E-state index in [4.69, 9.17) is 0 Å². The van der Waals surface area contributed by atoms with Crippen LogP contribution in [-0.2, 0) is 14.8 Å². The highest BCUT2D eigenvalue weighted by Gasteiger charge is 2.28. The Bertz CT molecular complexity index is 789. The van der Waals surface area contributed by atoms with Gasteiger partial charge >= 0.3 is 0 Å². The molecule has 10 heteroatoms. The van der Waals surface area contributed by atoms with Crippen LogP contribution >= 0.6 is 15.9 Å². The number of carbonyl (C=O) groups excluding carboxylic acids is 1. The first-order valence-electron chi connectivity index (χ1n) is 8.33. The minimum absolute atomic E-state index is 0.0870. The van der Waals surface area contributed by atoms with Gasteiger partial charge < -0.3 is 4.90 Å². The smallest absolute Gasteiger partial charge is 0.271 e. The molecule has 1 N–H and O–H groups in total. The van der Waals surface area contributed by atoms with Crippen molar-refractivity contribution >= 4 is 37.5 Å². The number of likely N-dealkylation sites (tertiary alicyclic amines) is 1. The molecule has 1 aliphatic heterocycles. The molecule has 0 aliphatic carbocycles. The molecule has 0 saturated carbocycles. The SMILES string of the molecule is CC(C)CC(=O)N1CCC(NS(=O)(=O)c2cc(Br)cc([N+](=O)[O-])c2)CC1. The van der Waals surface area contributed by atoms with Gasteiger partial charge in [-0.3, -0.25) is 14.9 Å². The normalized spacial score (nSPS) is 16.1. The maximum absolute atomic E-state index is 12.6. The van der Waals surface area contributed by atoms with E-state index in [1.165, 1.54) is 12.1 Å². The number of amides is 1. The number of carbonyl (C=O) groups is 1. The average molecular weight is 448 g/mol. The summed E-state index contributed by atoms with van der Waals surface area (Å²) in [5, 5.41) is 10.9. The van der Waals surface area contributed by atoms with E-state index in [9.17, 15) is 23.3 Å². The van der Waals surface area contributed by atoms with Gasteiger partial charge in [-0.25, -0.2) is 13.1 Å². The van der Waals surface area contributed by atoms with Crippen LogP contribution in [0.5, 0.6) is 0 Å². The van der Waals surface area contributed by atoms with Crippen LogP contribution in [0.3, 0.4) is 0 Å². The Morgan fingerprint density at radius 3 is 2.50 bits per heavy atom. The molecule has 1 saturated heterocycles. The third-order valence-corrected chi connectivity index (χ3v) is 6.09. The minimum atomic E-state index is -3.88. The molecule has 0 bridgehead atoms. The van der Waals surface area contributed by atoms with E-state index >= 15 is 0 Å². The lowest BCUT2D eigenvalue weighted by Gasteiger charge is -2.32. The maximum atomic E-state index is 12.6. The van der Waals surface area contributed by atoms with Gasteiger partial charge in [0, 0.05) is 42.2 Å². The molecule has 1 aromatic rings. The third kappa shape index (κ3) is 5.49. The van der Waals surface area contributed by atoms with Gasteiger partial charge in [0.1, 0.15) is 0 Å². The monoisotopic (exact) mass is 447 g/mol. The molecule has 8 nitrogen and oxygen atoms in total. The van der Waals surface area contributed by atoms with Crippen LogP contribution in [0, 0.1) is 16.0 Å². The van der Waals surface area contributed by atoms with Gasteiger partial charge in [-0.2, -0.15) is 0 Å². The lowest BCUT2D eigenvalue weighted by atomic mass is 10.0. The molecule has 0 unspecified atom stereocenters. The Hall–Kier alpha value is -1.52.